The molecular weight excluding hydrogens is 166 g/mol. The fourth-order valence-electron chi connectivity index (χ4n) is 2.76. The quantitative estimate of drug-likeness (QED) is 0.681. The first-order chi connectivity index (χ1) is 6.31. The molecule has 2 atom stereocenters. The molecule has 1 aliphatic heterocycles. The second-order valence-electron chi connectivity index (χ2n) is 4.25. The summed E-state index contributed by atoms with van der Waals surface area (Å²) in [6, 6.07) is 0. The Morgan fingerprint density at radius 3 is 2.46 bits per heavy atom. The van der Waals surface area contributed by atoms with Gasteiger partial charge in [0.1, 0.15) is 5.78 Å². The Balaban J connectivity index is 2.05. The first-order valence-electron chi connectivity index (χ1n) is 5.10. The van der Waals surface area contributed by atoms with Crippen molar-refractivity contribution in [3.8, 4) is 0 Å². The van der Waals surface area contributed by atoms with Crippen LogP contribution >= 0.6 is 0 Å². The van der Waals surface area contributed by atoms with E-state index in [1.807, 2.05) is 0 Å². The van der Waals surface area contributed by atoms with Crippen LogP contribution in [0.3, 0.4) is 0 Å². The molecule has 1 heterocycles. The number of ether oxygens (including phenoxy) is 1. The zero-order valence-electron chi connectivity index (χ0n) is 7.87. The van der Waals surface area contributed by atoms with E-state index in [1.165, 1.54) is 0 Å². The van der Waals surface area contributed by atoms with Crippen LogP contribution < -0.4 is 5.73 Å². The minimum absolute atomic E-state index is 0.423. The third-order valence-electron chi connectivity index (χ3n) is 3.35. The van der Waals surface area contributed by atoms with Crippen LogP contribution in [0.4, 0.5) is 0 Å². The van der Waals surface area contributed by atoms with Gasteiger partial charge in [0.2, 0.25) is 0 Å². The average molecular weight is 183 g/mol. The molecule has 2 rings (SSSR count). The molecule has 2 aliphatic rings. The fourth-order valence-corrected chi connectivity index (χ4v) is 2.76. The maximum atomic E-state index is 11.3. The maximum Gasteiger partial charge on any atom is 0.133 e. The van der Waals surface area contributed by atoms with Gasteiger partial charge in [-0.25, -0.2) is 0 Å². The molecule has 2 unspecified atom stereocenters. The van der Waals surface area contributed by atoms with Gasteiger partial charge >= 0.3 is 0 Å². The van der Waals surface area contributed by atoms with Crippen molar-refractivity contribution in [3.63, 3.8) is 0 Å². The van der Waals surface area contributed by atoms with Crippen LogP contribution in [0.2, 0.25) is 0 Å². The van der Waals surface area contributed by atoms with E-state index in [4.69, 9.17) is 10.5 Å². The van der Waals surface area contributed by atoms with Gasteiger partial charge in [0.15, 0.2) is 0 Å². The molecule has 1 aliphatic carbocycles. The lowest BCUT2D eigenvalue weighted by atomic mass is 9.69. The molecule has 0 amide bonds. The largest absolute Gasteiger partial charge is 0.381 e. The molecule has 0 radical (unpaired) electrons. The highest BCUT2D eigenvalue weighted by atomic mass is 16.5. The fraction of sp³-hybridized carbons (Fsp3) is 0.900. The van der Waals surface area contributed by atoms with Gasteiger partial charge in [-0.05, 0) is 30.7 Å². The summed E-state index contributed by atoms with van der Waals surface area (Å²) in [5.74, 6) is 2.00. The van der Waals surface area contributed by atoms with E-state index >= 15 is 0 Å². The minimum atomic E-state index is 0.423. The van der Waals surface area contributed by atoms with Gasteiger partial charge in [0.25, 0.3) is 0 Å². The van der Waals surface area contributed by atoms with E-state index in [1.54, 1.807) is 0 Å². The Bertz CT molecular complexity index is 189. The van der Waals surface area contributed by atoms with Crippen LogP contribution in [-0.4, -0.2) is 25.5 Å². The van der Waals surface area contributed by atoms with Crippen molar-refractivity contribution in [1.82, 2.24) is 0 Å². The van der Waals surface area contributed by atoms with E-state index in [0.29, 0.717) is 23.5 Å². The molecule has 2 N–H and O–H groups in total. The monoisotopic (exact) mass is 183 g/mol. The molecule has 0 spiro atoms. The molecule has 3 heteroatoms. The molecule has 0 aromatic heterocycles. The number of nitrogens with two attached hydrogens (primary N) is 1. The van der Waals surface area contributed by atoms with Gasteiger partial charge in [0.05, 0.1) is 13.2 Å². The number of hydrogen-bond acceptors (Lipinski definition) is 3. The Labute approximate surface area is 78.6 Å². The van der Waals surface area contributed by atoms with Gasteiger partial charge < -0.3 is 10.5 Å². The SMILES string of the molecule is NCCC1C2COCC1CC(=O)C2. The summed E-state index contributed by atoms with van der Waals surface area (Å²) in [6.07, 6.45) is 2.51. The molecule has 1 saturated heterocycles. The summed E-state index contributed by atoms with van der Waals surface area (Å²) >= 11 is 0. The predicted octanol–water partition coefficient (Wildman–Crippen LogP) is 0.577. The van der Waals surface area contributed by atoms with Crippen molar-refractivity contribution in [1.29, 1.82) is 0 Å². The summed E-state index contributed by atoms with van der Waals surface area (Å²) in [7, 11) is 0. The lowest BCUT2D eigenvalue weighted by molar-refractivity contribution is -0.134. The first kappa shape index (κ1) is 9.16. The van der Waals surface area contributed by atoms with Gasteiger partial charge in [0, 0.05) is 12.8 Å². The number of Topliss-reactive ketones (excluding diaryl/α,β-unsaturated/α-hetero) is 1. The second kappa shape index (κ2) is 3.76. The van der Waals surface area contributed by atoms with E-state index in [2.05, 4.69) is 0 Å². The van der Waals surface area contributed by atoms with E-state index in [-0.39, 0.29) is 0 Å². The normalized spacial score (nSPS) is 39.2. The lowest BCUT2D eigenvalue weighted by Crippen LogP contribution is -2.43. The van der Waals surface area contributed by atoms with Crippen LogP contribution in [-0.2, 0) is 9.53 Å². The molecule has 74 valence electrons. The standard InChI is InChI=1S/C10H17NO2/c11-2-1-10-7-3-9(12)4-8(10)6-13-5-7/h7-8,10H,1-6,11H2. The number of carbonyl (C=O) groups excluding carboxylic acids is 1. The zero-order chi connectivity index (χ0) is 9.26. The summed E-state index contributed by atoms with van der Waals surface area (Å²) in [5.41, 5.74) is 5.57. The molecule has 1 saturated carbocycles. The van der Waals surface area contributed by atoms with E-state index in [0.717, 1.165) is 39.0 Å². The Kier molecular flexibility index (Phi) is 2.65. The van der Waals surface area contributed by atoms with E-state index in [9.17, 15) is 4.79 Å². The van der Waals surface area contributed by atoms with Crippen molar-refractivity contribution in [2.75, 3.05) is 19.8 Å². The minimum Gasteiger partial charge on any atom is -0.381 e. The predicted molar refractivity (Wildman–Crippen MR) is 49.2 cm³/mol. The Morgan fingerprint density at radius 2 is 1.92 bits per heavy atom. The average Bonchev–Trinajstić information content (AvgIpc) is 2.07. The van der Waals surface area contributed by atoms with Gasteiger partial charge in [-0.1, -0.05) is 0 Å². The van der Waals surface area contributed by atoms with Gasteiger partial charge in [-0.3, -0.25) is 4.79 Å². The van der Waals surface area contributed by atoms with Crippen molar-refractivity contribution < 1.29 is 9.53 Å². The third kappa shape index (κ3) is 1.76. The molecule has 3 nitrogen and oxygen atoms in total. The van der Waals surface area contributed by atoms with Crippen molar-refractivity contribution in [2.24, 2.45) is 23.5 Å². The Hall–Kier alpha value is -0.410. The van der Waals surface area contributed by atoms with Crippen molar-refractivity contribution in [2.45, 2.75) is 19.3 Å². The number of carbonyl (C=O) groups is 1. The van der Waals surface area contributed by atoms with Crippen LogP contribution in [0, 0.1) is 17.8 Å². The second-order valence-corrected chi connectivity index (χ2v) is 4.25. The first-order valence-corrected chi connectivity index (χ1v) is 5.10. The third-order valence-corrected chi connectivity index (χ3v) is 3.35. The van der Waals surface area contributed by atoms with Crippen molar-refractivity contribution in [3.05, 3.63) is 0 Å². The molecule has 2 bridgehead atoms. The van der Waals surface area contributed by atoms with Crippen LogP contribution in [0.25, 0.3) is 0 Å². The number of hydrogen-bond donors (Lipinski definition) is 1. The summed E-state index contributed by atoms with van der Waals surface area (Å²) in [6.45, 7) is 2.28. The molecule has 0 aromatic rings. The van der Waals surface area contributed by atoms with Crippen LogP contribution in [0.5, 0.6) is 0 Å². The molecule has 13 heavy (non-hydrogen) atoms. The molecule has 2 fully saturated rings. The highest BCUT2D eigenvalue weighted by Gasteiger charge is 2.39. The molecular formula is C10H17NO2. The number of rotatable bonds is 2. The highest BCUT2D eigenvalue weighted by Crippen LogP contribution is 2.38. The van der Waals surface area contributed by atoms with Gasteiger partial charge in [-0.2, -0.15) is 0 Å². The zero-order valence-corrected chi connectivity index (χ0v) is 7.87. The topological polar surface area (TPSA) is 52.3 Å². The smallest absolute Gasteiger partial charge is 0.133 e. The van der Waals surface area contributed by atoms with Crippen LogP contribution in [0.1, 0.15) is 19.3 Å². The maximum absolute atomic E-state index is 11.3. The van der Waals surface area contributed by atoms with Gasteiger partial charge in [-0.15, -0.1) is 0 Å². The van der Waals surface area contributed by atoms with Crippen LogP contribution in [0.15, 0.2) is 0 Å². The van der Waals surface area contributed by atoms with Crippen molar-refractivity contribution >= 4 is 5.78 Å². The highest BCUT2D eigenvalue weighted by molar-refractivity contribution is 5.80. The number of ketones is 1. The summed E-state index contributed by atoms with van der Waals surface area (Å²) in [5, 5.41) is 0. The molecule has 0 aromatic carbocycles. The Morgan fingerprint density at radius 1 is 1.31 bits per heavy atom. The lowest BCUT2D eigenvalue weighted by Gasteiger charge is -2.41. The van der Waals surface area contributed by atoms with E-state index < -0.39 is 0 Å². The summed E-state index contributed by atoms with van der Waals surface area (Å²) in [4.78, 5) is 11.3. The summed E-state index contributed by atoms with van der Waals surface area (Å²) < 4.78 is 5.47. The number of fused-ring (bicyclic) bond motifs is 2.